The second kappa shape index (κ2) is 11.7. The van der Waals surface area contributed by atoms with Crippen LogP contribution in [-0.2, 0) is 19.1 Å². The van der Waals surface area contributed by atoms with Crippen molar-refractivity contribution in [3.63, 3.8) is 0 Å². The number of ether oxygens (including phenoxy) is 1. The van der Waals surface area contributed by atoms with Gasteiger partial charge in [0.1, 0.15) is 6.10 Å². The zero-order valence-corrected chi connectivity index (χ0v) is 32.2. The van der Waals surface area contributed by atoms with Crippen molar-refractivity contribution in [2.75, 3.05) is 7.05 Å². The van der Waals surface area contributed by atoms with Gasteiger partial charge in [0.05, 0.1) is 17.4 Å². The fraction of sp³-hybridized carbons (Fsp3) is 0.800. The predicted octanol–water partition coefficient (Wildman–Crippen LogP) is 7.60. The molecular formula is C40H59N3O7. The number of carboxylic acid groups (broad SMARTS) is 1. The molecule has 0 spiro atoms. The zero-order chi connectivity index (χ0) is 37.0. The summed E-state index contributed by atoms with van der Waals surface area (Å²) in [6, 6.07) is 0. The van der Waals surface area contributed by atoms with Crippen molar-refractivity contribution in [3.8, 4) is 0 Å². The van der Waals surface area contributed by atoms with Gasteiger partial charge in [-0.2, -0.15) is 0 Å². The minimum atomic E-state index is -1.18. The summed E-state index contributed by atoms with van der Waals surface area (Å²) in [5, 5.41) is 17.5. The Morgan fingerprint density at radius 3 is 2.24 bits per heavy atom. The van der Waals surface area contributed by atoms with Crippen molar-refractivity contribution in [1.82, 2.24) is 15.1 Å². The molecule has 4 fully saturated rings. The number of carbonyl (C=O) groups excluding carboxylic acids is 3. The summed E-state index contributed by atoms with van der Waals surface area (Å²) in [4.78, 5) is 54.5. The van der Waals surface area contributed by atoms with E-state index in [-0.39, 0.29) is 63.6 Å². The Morgan fingerprint density at radius 2 is 1.64 bits per heavy atom. The fourth-order valence-corrected chi connectivity index (χ4v) is 12.6. The summed E-state index contributed by atoms with van der Waals surface area (Å²) in [5.41, 5.74) is -0.0806. The lowest BCUT2D eigenvalue weighted by atomic mass is 9.33. The molecule has 276 valence electrons. The second-order valence-electron chi connectivity index (χ2n) is 18.9. The molecule has 0 aliphatic heterocycles. The van der Waals surface area contributed by atoms with Crippen LogP contribution in [-0.4, -0.2) is 62.5 Å². The Kier molecular flexibility index (Phi) is 8.63. The summed E-state index contributed by atoms with van der Waals surface area (Å²) in [5.74, 6) is -0.290. The van der Waals surface area contributed by atoms with E-state index in [0.717, 1.165) is 50.5 Å². The van der Waals surface area contributed by atoms with E-state index in [9.17, 15) is 24.3 Å². The third-order valence-corrected chi connectivity index (χ3v) is 15.4. The molecule has 5 aliphatic rings. The van der Waals surface area contributed by atoms with Crippen LogP contribution in [0.5, 0.6) is 0 Å². The SMILES string of the molecule is Cc1nnc(C(=O)N(C)[C@@]23CC[C@]4(C)C(CCC5C4(C)CCC4C(C)(C)[C@@H](OC(=O)CC(C)(C)C(=O)O)CC[C@@]45C)C2=C(C(C)C)C(=O)C3)o1. The van der Waals surface area contributed by atoms with Crippen molar-refractivity contribution >= 4 is 23.6 Å². The van der Waals surface area contributed by atoms with Gasteiger partial charge in [-0.3, -0.25) is 19.2 Å². The summed E-state index contributed by atoms with van der Waals surface area (Å²) in [6.45, 7) is 21.0. The number of hydrogen-bond donors (Lipinski definition) is 1. The minimum absolute atomic E-state index is 0.00530. The number of amides is 1. The number of aromatic nitrogens is 2. The normalized spacial score (nSPS) is 37.8. The van der Waals surface area contributed by atoms with Gasteiger partial charge in [0, 0.05) is 25.8 Å². The first kappa shape index (κ1) is 36.7. The molecule has 1 N–H and O–H groups in total. The molecule has 1 aromatic heterocycles. The van der Waals surface area contributed by atoms with Crippen molar-refractivity contribution < 1.29 is 33.4 Å². The van der Waals surface area contributed by atoms with Crippen LogP contribution in [0.3, 0.4) is 0 Å². The van der Waals surface area contributed by atoms with Crippen LogP contribution in [0.2, 0.25) is 0 Å². The van der Waals surface area contributed by atoms with Gasteiger partial charge in [0.2, 0.25) is 5.89 Å². The molecular weight excluding hydrogens is 634 g/mol. The molecule has 5 aliphatic carbocycles. The number of nitrogens with zero attached hydrogens (tertiary/aromatic N) is 3. The van der Waals surface area contributed by atoms with Crippen molar-refractivity contribution in [1.29, 1.82) is 0 Å². The smallest absolute Gasteiger partial charge is 0.311 e. The van der Waals surface area contributed by atoms with E-state index in [0.29, 0.717) is 30.6 Å². The number of likely N-dealkylation sites (N-methyl/N-ethyl adjacent to an activating group) is 1. The average Bonchev–Trinajstić information content (AvgIpc) is 3.58. The number of ketones is 1. The van der Waals surface area contributed by atoms with Crippen LogP contribution < -0.4 is 0 Å². The van der Waals surface area contributed by atoms with Gasteiger partial charge >= 0.3 is 23.7 Å². The summed E-state index contributed by atoms with van der Waals surface area (Å²) >= 11 is 0. The Bertz CT molecular complexity index is 1640. The predicted molar refractivity (Wildman–Crippen MR) is 187 cm³/mol. The van der Waals surface area contributed by atoms with E-state index in [1.807, 2.05) is 7.05 Å². The quantitative estimate of drug-likeness (QED) is 0.286. The highest BCUT2D eigenvalue weighted by Gasteiger charge is 2.71. The highest BCUT2D eigenvalue weighted by Crippen LogP contribution is 2.76. The highest BCUT2D eigenvalue weighted by molar-refractivity contribution is 6.03. The maximum Gasteiger partial charge on any atom is 0.311 e. The maximum absolute atomic E-state index is 14.0. The number of Topliss-reactive ketones (excluding diaryl/α,β-unsaturated/α-hetero) is 1. The molecule has 50 heavy (non-hydrogen) atoms. The van der Waals surface area contributed by atoms with Gasteiger partial charge < -0.3 is 19.2 Å². The number of aliphatic carboxylic acids is 1. The Morgan fingerprint density at radius 1 is 0.960 bits per heavy atom. The first-order valence-corrected chi connectivity index (χ1v) is 18.9. The first-order valence-electron chi connectivity index (χ1n) is 18.9. The molecule has 1 aromatic rings. The number of carbonyl (C=O) groups is 4. The van der Waals surface area contributed by atoms with Crippen LogP contribution >= 0.6 is 0 Å². The molecule has 1 heterocycles. The first-order chi connectivity index (χ1) is 23.1. The van der Waals surface area contributed by atoms with Crippen LogP contribution in [0.25, 0.3) is 0 Å². The molecule has 8 atom stereocenters. The van der Waals surface area contributed by atoms with Crippen LogP contribution in [0.4, 0.5) is 0 Å². The summed E-state index contributed by atoms with van der Waals surface area (Å²) < 4.78 is 11.7. The van der Waals surface area contributed by atoms with Crippen LogP contribution in [0, 0.1) is 57.7 Å². The van der Waals surface area contributed by atoms with Gasteiger partial charge in [-0.1, -0.05) is 48.5 Å². The molecule has 0 saturated heterocycles. The highest BCUT2D eigenvalue weighted by atomic mass is 16.5. The lowest BCUT2D eigenvalue weighted by Gasteiger charge is -2.72. The van der Waals surface area contributed by atoms with E-state index in [1.165, 1.54) is 5.57 Å². The van der Waals surface area contributed by atoms with Crippen molar-refractivity contribution in [2.45, 2.75) is 145 Å². The second-order valence-corrected chi connectivity index (χ2v) is 18.9. The summed E-state index contributed by atoms with van der Waals surface area (Å²) in [7, 11) is 1.82. The number of fused-ring (bicyclic) bond motifs is 7. The average molecular weight is 694 g/mol. The topological polar surface area (TPSA) is 140 Å². The standard InChI is InChI=1S/C40H59N3O7/c1-22(2)30-25(44)20-40(43(11)33(46)32-42-41-23(3)49-32)19-18-38(9)24(31(30)40)12-13-27-37(8)16-15-28(50-29(45)21-35(4,5)34(47)48)36(6,7)26(37)14-17-39(27,38)10/h22,24,26-28H,12-21H2,1-11H3,(H,47,48)/t24?,26?,27?,28-,37-,38+,39?,40+/m0/s1. The molecule has 0 bridgehead atoms. The fourth-order valence-electron chi connectivity index (χ4n) is 12.6. The number of hydrogen-bond acceptors (Lipinski definition) is 8. The van der Waals surface area contributed by atoms with Gasteiger partial charge in [-0.25, -0.2) is 0 Å². The third-order valence-electron chi connectivity index (χ3n) is 15.4. The lowest BCUT2D eigenvalue weighted by Crippen LogP contribution is -2.67. The molecule has 10 nitrogen and oxygen atoms in total. The number of rotatable bonds is 7. The van der Waals surface area contributed by atoms with Crippen molar-refractivity contribution in [3.05, 3.63) is 22.9 Å². The molecule has 10 heteroatoms. The Labute approximate surface area is 297 Å². The lowest BCUT2D eigenvalue weighted by molar-refractivity contribution is -0.233. The van der Waals surface area contributed by atoms with Crippen molar-refractivity contribution in [2.24, 2.45) is 50.7 Å². The van der Waals surface area contributed by atoms with E-state index in [2.05, 4.69) is 58.7 Å². The maximum atomic E-state index is 14.0. The number of aryl methyl sites for hydroxylation is 1. The van der Waals surface area contributed by atoms with E-state index < -0.39 is 22.9 Å². The van der Waals surface area contributed by atoms with Gasteiger partial charge in [-0.15, -0.1) is 10.2 Å². The molecule has 1 amide bonds. The molecule has 0 aromatic carbocycles. The van der Waals surface area contributed by atoms with Gasteiger partial charge in [0.25, 0.3) is 0 Å². The molecule has 0 radical (unpaired) electrons. The van der Waals surface area contributed by atoms with E-state index in [1.54, 1.807) is 25.7 Å². The van der Waals surface area contributed by atoms with Gasteiger partial charge in [0.15, 0.2) is 5.78 Å². The number of allylic oxidation sites excluding steroid dienone is 1. The van der Waals surface area contributed by atoms with E-state index in [4.69, 9.17) is 9.15 Å². The molecule has 6 rings (SSSR count). The number of esters is 1. The Hall–Kier alpha value is -3.04. The molecule has 4 unspecified atom stereocenters. The number of carboxylic acids is 1. The molecule has 4 saturated carbocycles. The monoisotopic (exact) mass is 693 g/mol. The minimum Gasteiger partial charge on any atom is -0.481 e. The largest absolute Gasteiger partial charge is 0.481 e. The van der Waals surface area contributed by atoms with E-state index >= 15 is 0 Å². The Balaban J connectivity index is 1.32. The third kappa shape index (κ3) is 5.07. The summed E-state index contributed by atoms with van der Waals surface area (Å²) in [6.07, 6.45) is 7.29. The van der Waals surface area contributed by atoms with Crippen LogP contribution in [0.1, 0.15) is 143 Å². The van der Waals surface area contributed by atoms with Gasteiger partial charge in [-0.05, 0) is 116 Å². The van der Waals surface area contributed by atoms with Crippen LogP contribution in [0.15, 0.2) is 15.6 Å². The zero-order valence-electron chi connectivity index (χ0n) is 32.2.